The molecule has 7 heterocycles. The molecule has 0 bridgehead atoms. The number of benzene rings is 8. The molecule has 137 heavy (non-hydrogen) atoms. The Morgan fingerprint density at radius 1 is 0.380 bits per heavy atom. The van der Waals surface area contributed by atoms with E-state index in [0.29, 0.717) is 77.6 Å². The molecule has 758 valence electrons. The Hall–Kier alpha value is -8.47. The first-order valence-electron chi connectivity index (χ1n) is 52.5. The standard InChI is InChI=1S/C16H25N3O.C16H26N2.C15H25NO.C14H21ClN2.C14H21FN2.3C14H22N2/c1-12(2)13-5-6-15(19-9-7-17-8-10-19)14(11-13)16(20)18(3)4;1-13(2)14-5-7-16(8-6-14)18-11-9-15(10-12-18)17(3)4;1-5-16(6-2)11-12-17-15-9-7-14(8-10-15)13(3)4;2*1-10(2)12-4-5-14(13(15)8-12)17-7-6-16-11(3)9-17;1-11(2)13-4-6-14(7-5-13)16-9-8-15-12(3)10-16;2*1-11(2)13-4-6-14(7-5-13)16-9-8-15-10-12(16)3/h5-6,11-12,17H,7-10H2,1-4H3;5-8,13,15H,9-12H2,1-4H3;7-10,13H,5-6,11-12H2,1-4H3;2*4-5,8,10-11,16H,6-7,9H2,1-3H3;3*4-7,11-12,15H,8-10H2,1-3H3/t;;;;11-;3*12-/m....1110/s1. The van der Waals surface area contributed by atoms with Crippen LogP contribution in [0.5, 0.6) is 5.75 Å². The van der Waals surface area contributed by atoms with Gasteiger partial charge < -0.3 is 85.6 Å². The number of amides is 1. The summed E-state index contributed by atoms with van der Waals surface area (Å²) in [6.07, 6.45) is 2.55. The van der Waals surface area contributed by atoms with E-state index in [-0.39, 0.29) is 11.7 Å². The van der Waals surface area contributed by atoms with E-state index in [0.717, 1.165) is 190 Å². The lowest BCUT2D eigenvalue weighted by atomic mass is 9.98. The summed E-state index contributed by atoms with van der Waals surface area (Å²) < 4.78 is 19.8. The number of halogens is 2. The van der Waals surface area contributed by atoms with Crippen LogP contribution in [0, 0.1) is 5.82 Å². The van der Waals surface area contributed by atoms with Crippen molar-refractivity contribution in [3.05, 3.63) is 237 Å². The smallest absolute Gasteiger partial charge is 0.255 e. The summed E-state index contributed by atoms with van der Waals surface area (Å²) in [6, 6.07) is 66.6. The third-order valence-electron chi connectivity index (χ3n) is 27.8. The summed E-state index contributed by atoms with van der Waals surface area (Å²) in [7, 11) is 8.01. The lowest BCUT2D eigenvalue weighted by Crippen LogP contribution is -2.49. The van der Waals surface area contributed by atoms with Gasteiger partial charge in [-0.25, -0.2) is 4.39 Å². The molecule has 5 atom stereocenters. The highest BCUT2D eigenvalue weighted by molar-refractivity contribution is 6.33. The maximum atomic E-state index is 14.1. The van der Waals surface area contributed by atoms with Crippen LogP contribution in [0.4, 0.5) is 44.2 Å². The Morgan fingerprint density at radius 2 is 0.715 bits per heavy atom. The van der Waals surface area contributed by atoms with E-state index in [2.05, 4.69) is 407 Å². The maximum Gasteiger partial charge on any atom is 0.255 e. The van der Waals surface area contributed by atoms with E-state index in [4.69, 9.17) is 16.3 Å². The summed E-state index contributed by atoms with van der Waals surface area (Å²) in [5.41, 5.74) is 19.9. The zero-order valence-corrected chi connectivity index (χ0v) is 90.7. The van der Waals surface area contributed by atoms with Crippen LogP contribution < -0.4 is 70.9 Å². The predicted molar refractivity (Wildman–Crippen MR) is 593 cm³/mol. The highest BCUT2D eigenvalue weighted by Crippen LogP contribution is 2.34. The third kappa shape index (κ3) is 37.2. The molecule has 15 rings (SSSR count). The molecule has 0 aliphatic carbocycles. The average Bonchev–Trinajstić information content (AvgIpc) is 0.810. The molecule has 8 aromatic carbocycles. The second-order valence-corrected chi connectivity index (χ2v) is 42.2. The van der Waals surface area contributed by atoms with Crippen LogP contribution in [-0.4, -0.2) is 249 Å². The van der Waals surface area contributed by atoms with Gasteiger partial charge in [-0.3, -0.25) is 4.79 Å². The first kappa shape index (κ1) is 114. The van der Waals surface area contributed by atoms with Gasteiger partial charge in [-0.15, -0.1) is 0 Å². The van der Waals surface area contributed by atoms with Crippen molar-refractivity contribution in [2.75, 3.05) is 226 Å². The molecular formula is C117H184ClFN16O2. The fraction of sp³-hybridized carbons (Fsp3) is 0.581. The van der Waals surface area contributed by atoms with Crippen molar-refractivity contribution in [2.24, 2.45) is 0 Å². The second kappa shape index (κ2) is 58.7. The molecule has 20 heteroatoms. The van der Waals surface area contributed by atoms with E-state index >= 15 is 0 Å². The van der Waals surface area contributed by atoms with Gasteiger partial charge in [-0.05, 0) is 264 Å². The van der Waals surface area contributed by atoms with E-state index < -0.39 is 0 Å². The van der Waals surface area contributed by atoms with Crippen molar-refractivity contribution < 1.29 is 13.9 Å². The molecule has 1 unspecified atom stereocenters. The molecule has 8 aromatic rings. The average molecular weight is 1900 g/mol. The second-order valence-electron chi connectivity index (χ2n) is 41.8. The molecule has 18 nitrogen and oxygen atoms in total. The number of piperazine rings is 6. The maximum absolute atomic E-state index is 14.1. The predicted octanol–water partition coefficient (Wildman–Crippen LogP) is 22.6. The Balaban J connectivity index is 0.000000192. The Morgan fingerprint density at radius 3 is 1.09 bits per heavy atom. The van der Waals surface area contributed by atoms with Gasteiger partial charge in [0, 0.05) is 223 Å². The molecule has 6 N–H and O–H groups in total. The van der Waals surface area contributed by atoms with Crippen molar-refractivity contribution in [3.8, 4) is 5.75 Å². The summed E-state index contributed by atoms with van der Waals surface area (Å²) >= 11 is 6.39. The van der Waals surface area contributed by atoms with E-state index in [1.54, 1.807) is 11.0 Å². The molecule has 7 fully saturated rings. The van der Waals surface area contributed by atoms with E-state index in [9.17, 15) is 9.18 Å². The summed E-state index contributed by atoms with van der Waals surface area (Å²) in [5, 5.41) is 21.4. The van der Waals surface area contributed by atoms with Crippen LogP contribution in [0.1, 0.15) is 274 Å². The monoisotopic (exact) mass is 1900 g/mol. The van der Waals surface area contributed by atoms with Crippen molar-refractivity contribution in [3.63, 3.8) is 0 Å². The highest BCUT2D eigenvalue weighted by atomic mass is 35.5. The molecule has 0 saturated carbocycles. The topological polar surface area (TPSA) is 131 Å². The number of likely N-dealkylation sites (N-methyl/N-ethyl adjacent to an activating group) is 1. The minimum atomic E-state index is -0.0923. The minimum Gasteiger partial charge on any atom is -0.492 e. The Kier molecular flexibility index (Phi) is 48.7. The van der Waals surface area contributed by atoms with Crippen molar-refractivity contribution >= 4 is 57.3 Å². The number of nitrogens with zero attached hydrogens (tertiary/aromatic N) is 10. The molecule has 7 aliphatic heterocycles. The van der Waals surface area contributed by atoms with Crippen LogP contribution in [0.15, 0.2) is 176 Å². The number of nitrogens with one attached hydrogen (secondary N) is 6. The third-order valence-corrected chi connectivity index (χ3v) is 28.1. The molecular weight excluding hydrogens is 1720 g/mol. The lowest BCUT2D eigenvalue weighted by Gasteiger charge is -2.36. The summed E-state index contributed by atoms with van der Waals surface area (Å²) in [6.45, 7) is 76.6. The normalized spacial score (nSPS) is 18.7. The van der Waals surface area contributed by atoms with Crippen LogP contribution in [-0.2, 0) is 0 Å². The van der Waals surface area contributed by atoms with Gasteiger partial charge in [0.2, 0.25) is 0 Å². The molecule has 0 radical (unpaired) electrons. The first-order valence-corrected chi connectivity index (χ1v) is 52.9. The van der Waals surface area contributed by atoms with Crippen molar-refractivity contribution in [1.82, 2.24) is 46.6 Å². The SMILES string of the molecule is CC(C)c1ccc(N2CCC(N(C)C)CC2)cc1.CC(C)c1ccc(N2CCNCC2)c(C(=O)N(C)C)c1.CC(C)c1ccc(N2CCNC[C@@H]2C)cc1.CC(C)c1ccc(N2CCNC[C@H]2C)cc1.CC(C)c1ccc(N2CCN[C@H](C)C2)c(F)c1.CC(C)c1ccc(N2CCN[C@H](C)C2)cc1.CC1CN(c2ccc(C(C)C)cc2Cl)CCN1.CCN(CC)CCOc1ccc(C(C)C)cc1. The molecule has 0 spiro atoms. The number of ether oxygens (including phenoxy) is 1. The van der Waals surface area contributed by atoms with Gasteiger partial charge in [0.1, 0.15) is 18.2 Å². The molecule has 7 aliphatic rings. The number of carbonyl (C=O) groups excluding carboxylic acids is 1. The zero-order chi connectivity index (χ0) is 100.0. The van der Waals surface area contributed by atoms with Crippen molar-refractivity contribution in [2.45, 2.75) is 256 Å². The van der Waals surface area contributed by atoms with E-state index in [1.807, 2.05) is 26.2 Å². The van der Waals surface area contributed by atoms with Gasteiger partial charge in [-0.1, -0.05) is 215 Å². The van der Waals surface area contributed by atoms with Gasteiger partial charge in [0.15, 0.2) is 0 Å². The number of carbonyl (C=O) groups is 1. The van der Waals surface area contributed by atoms with Gasteiger partial charge in [-0.2, -0.15) is 0 Å². The molecule has 0 aromatic heterocycles. The number of hydrogen-bond acceptors (Lipinski definition) is 17. The zero-order valence-electron chi connectivity index (χ0n) is 90.0. The number of anilines is 7. The van der Waals surface area contributed by atoms with Gasteiger partial charge >= 0.3 is 0 Å². The fourth-order valence-electron chi connectivity index (χ4n) is 18.4. The largest absolute Gasteiger partial charge is 0.492 e. The molecule has 7 saturated heterocycles. The molecule has 1 amide bonds. The number of hydrogen-bond donors (Lipinski definition) is 6. The van der Waals surface area contributed by atoms with Crippen molar-refractivity contribution in [1.29, 1.82) is 0 Å². The highest BCUT2D eigenvalue weighted by Gasteiger charge is 2.27. The summed E-state index contributed by atoms with van der Waals surface area (Å²) in [5.74, 6) is 5.37. The Labute approximate surface area is 837 Å². The van der Waals surface area contributed by atoms with Crippen LogP contribution >= 0.6 is 11.6 Å². The quantitative estimate of drug-likeness (QED) is 0.0363. The number of rotatable bonds is 23. The Bertz CT molecular complexity index is 4540. The van der Waals surface area contributed by atoms with Gasteiger partial charge in [0.25, 0.3) is 5.91 Å². The van der Waals surface area contributed by atoms with Crippen LogP contribution in [0.25, 0.3) is 0 Å². The fourth-order valence-corrected chi connectivity index (χ4v) is 18.7. The minimum absolute atomic E-state index is 0.0843. The first-order chi connectivity index (χ1) is 65.4. The lowest BCUT2D eigenvalue weighted by molar-refractivity contribution is 0.0828. The van der Waals surface area contributed by atoms with Crippen LogP contribution in [0.2, 0.25) is 5.02 Å². The number of piperidine rings is 1. The van der Waals surface area contributed by atoms with Gasteiger partial charge in [0.05, 0.1) is 22.0 Å². The van der Waals surface area contributed by atoms with Crippen LogP contribution in [0.3, 0.4) is 0 Å². The van der Waals surface area contributed by atoms with E-state index in [1.165, 1.54) is 93.3 Å². The summed E-state index contributed by atoms with van der Waals surface area (Å²) in [4.78, 5) is 35.6.